The van der Waals surface area contributed by atoms with E-state index < -0.39 is 6.10 Å². The van der Waals surface area contributed by atoms with Gasteiger partial charge >= 0.3 is 0 Å². The van der Waals surface area contributed by atoms with Gasteiger partial charge in [-0.25, -0.2) is 0 Å². The van der Waals surface area contributed by atoms with Crippen LogP contribution in [0.25, 0.3) is 0 Å². The van der Waals surface area contributed by atoms with Crippen molar-refractivity contribution in [2.24, 2.45) is 0 Å². The fourth-order valence-corrected chi connectivity index (χ4v) is 3.86. The SMILES string of the molecule is O=C(Nc1ccc(N2CCCCC2)cc1)c1cccc(NC(=O)C2CCCO2)c1. The fraction of sp³-hybridized carbons (Fsp3) is 0.391. The van der Waals surface area contributed by atoms with Crippen LogP contribution < -0.4 is 15.5 Å². The summed E-state index contributed by atoms with van der Waals surface area (Å²) in [6.45, 7) is 2.81. The van der Waals surface area contributed by atoms with E-state index in [0.717, 1.165) is 31.6 Å². The molecule has 2 amide bonds. The fourth-order valence-electron chi connectivity index (χ4n) is 3.86. The van der Waals surface area contributed by atoms with Gasteiger partial charge in [0.25, 0.3) is 11.8 Å². The first kappa shape index (κ1) is 19.5. The van der Waals surface area contributed by atoms with E-state index in [1.807, 2.05) is 12.1 Å². The van der Waals surface area contributed by atoms with Gasteiger partial charge in [0.1, 0.15) is 6.10 Å². The average molecular weight is 393 g/mol. The van der Waals surface area contributed by atoms with E-state index in [4.69, 9.17) is 4.74 Å². The van der Waals surface area contributed by atoms with Crippen molar-refractivity contribution in [1.82, 2.24) is 0 Å². The van der Waals surface area contributed by atoms with Gasteiger partial charge in [-0.1, -0.05) is 6.07 Å². The Kier molecular flexibility index (Phi) is 6.10. The lowest BCUT2D eigenvalue weighted by Crippen LogP contribution is -2.29. The first-order valence-electron chi connectivity index (χ1n) is 10.4. The summed E-state index contributed by atoms with van der Waals surface area (Å²) < 4.78 is 5.40. The molecule has 152 valence electrons. The summed E-state index contributed by atoms with van der Waals surface area (Å²) >= 11 is 0. The summed E-state index contributed by atoms with van der Waals surface area (Å²) in [5.41, 5.74) is 3.04. The van der Waals surface area contributed by atoms with E-state index in [1.165, 1.54) is 24.9 Å². The summed E-state index contributed by atoms with van der Waals surface area (Å²) in [6.07, 6.45) is 5.01. The van der Waals surface area contributed by atoms with Crippen LogP contribution in [0.5, 0.6) is 0 Å². The van der Waals surface area contributed by atoms with E-state index in [-0.39, 0.29) is 11.8 Å². The zero-order valence-corrected chi connectivity index (χ0v) is 16.5. The normalized spacial score (nSPS) is 19.0. The average Bonchev–Trinajstić information content (AvgIpc) is 3.30. The second-order valence-corrected chi connectivity index (χ2v) is 7.62. The number of piperidine rings is 1. The number of nitrogens with one attached hydrogen (secondary N) is 2. The largest absolute Gasteiger partial charge is 0.372 e. The Balaban J connectivity index is 1.37. The number of rotatable bonds is 5. The minimum atomic E-state index is -0.397. The Morgan fingerprint density at radius 3 is 2.41 bits per heavy atom. The van der Waals surface area contributed by atoms with E-state index in [1.54, 1.807) is 24.3 Å². The maximum atomic E-state index is 12.6. The second kappa shape index (κ2) is 9.09. The maximum Gasteiger partial charge on any atom is 0.255 e. The van der Waals surface area contributed by atoms with Crippen molar-refractivity contribution in [3.63, 3.8) is 0 Å². The Bertz CT molecular complexity index is 854. The number of carbonyl (C=O) groups excluding carboxylic acids is 2. The number of ether oxygens (including phenoxy) is 1. The molecule has 2 aromatic rings. The lowest BCUT2D eigenvalue weighted by molar-refractivity contribution is -0.124. The molecule has 0 spiro atoms. The van der Waals surface area contributed by atoms with Gasteiger partial charge in [0.2, 0.25) is 0 Å². The lowest BCUT2D eigenvalue weighted by Gasteiger charge is -2.28. The Morgan fingerprint density at radius 1 is 0.897 bits per heavy atom. The molecule has 0 saturated carbocycles. The van der Waals surface area contributed by atoms with E-state index in [9.17, 15) is 9.59 Å². The molecule has 1 atom stereocenters. The highest BCUT2D eigenvalue weighted by Gasteiger charge is 2.23. The molecule has 2 aliphatic heterocycles. The van der Waals surface area contributed by atoms with Crippen molar-refractivity contribution in [3.05, 3.63) is 54.1 Å². The summed E-state index contributed by atoms with van der Waals surface area (Å²) in [4.78, 5) is 27.2. The number of carbonyl (C=O) groups is 2. The molecule has 0 aromatic heterocycles. The van der Waals surface area contributed by atoms with E-state index in [2.05, 4.69) is 27.7 Å². The molecule has 6 nitrogen and oxygen atoms in total. The predicted octanol–water partition coefficient (Wildman–Crippen LogP) is 4.05. The van der Waals surface area contributed by atoms with Gasteiger partial charge in [-0.2, -0.15) is 0 Å². The van der Waals surface area contributed by atoms with Gasteiger partial charge in [-0.05, 0) is 74.6 Å². The Morgan fingerprint density at radius 2 is 1.69 bits per heavy atom. The monoisotopic (exact) mass is 393 g/mol. The molecule has 0 bridgehead atoms. The number of hydrogen-bond donors (Lipinski definition) is 2. The molecule has 2 heterocycles. The molecular formula is C23H27N3O3. The van der Waals surface area contributed by atoms with Crippen LogP contribution >= 0.6 is 0 Å². The molecule has 2 fully saturated rings. The van der Waals surface area contributed by atoms with Crippen LogP contribution in [0.3, 0.4) is 0 Å². The number of nitrogens with zero attached hydrogens (tertiary/aromatic N) is 1. The van der Waals surface area contributed by atoms with Crippen molar-refractivity contribution in [1.29, 1.82) is 0 Å². The minimum absolute atomic E-state index is 0.159. The van der Waals surface area contributed by atoms with Gasteiger partial charge in [-0.3, -0.25) is 9.59 Å². The molecule has 0 radical (unpaired) electrons. The van der Waals surface area contributed by atoms with Crippen molar-refractivity contribution in [2.75, 3.05) is 35.2 Å². The predicted molar refractivity (Wildman–Crippen MR) is 115 cm³/mol. The maximum absolute atomic E-state index is 12.6. The number of benzene rings is 2. The smallest absolute Gasteiger partial charge is 0.255 e. The molecule has 0 aliphatic carbocycles. The highest BCUT2D eigenvalue weighted by Crippen LogP contribution is 2.22. The summed E-state index contributed by atoms with van der Waals surface area (Å²) in [5.74, 6) is -0.364. The number of amides is 2. The third kappa shape index (κ3) is 4.95. The number of hydrogen-bond acceptors (Lipinski definition) is 4. The van der Waals surface area contributed by atoms with Gasteiger partial charge in [0.05, 0.1) is 0 Å². The summed E-state index contributed by atoms with van der Waals surface area (Å²) in [7, 11) is 0. The van der Waals surface area contributed by atoms with Gasteiger partial charge in [-0.15, -0.1) is 0 Å². The third-order valence-electron chi connectivity index (χ3n) is 5.46. The van der Waals surface area contributed by atoms with Gasteiger partial charge in [0, 0.05) is 42.3 Å². The lowest BCUT2D eigenvalue weighted by atomic mass is 10.1. The summed E-state index contributed by atoms with van der Waals surface area (Å²) in [6, 6.07) is 14.9. The van der Waals surface area contributed by atoms with Crippen molar-refractivity contribution in [2.45, 2.75) is 38.2 Å². The van der Waals surface area contributed by atoms with Crippen molar-refractivity contribution in [3.8, 4) is 0 Å². The minimum Gasteiger partial charge on any atom is -0.372 e. The highest BCUT2D eigenvalue weighted by molar-refractivity contribution is 6.05. The Labute approximate surface area is 171 Å². The zero-order valence-electron chi connectivity index (χ0n) is 16.5. The second-order valence-electron chi connectivity index (χ2n) is 7.62. The summed E-state index contributed by atoms with van der Waals surface area (Å²) in [5, 5.41) is 5.77. The van der Waals surface area contributed by atoms with Crippen molar-refractivity contribution < 1.29 is 14.3 Å². The molecule has 29 heavy (non-hydrogen) atoms. The molecule has 2 N–H and O–H groups in total. The van der Waals surface area contributed by atoms with E-state index >= 15 is 0 Å². The standard InChI is InChI=1S/C23H27N3O3/c27-22(24-18-9-11-20(12-10-18)26-13-2-1-3-14-26)17-6-4-7-19(16-17)25-23(28)21-8-5-15-29-21/h4,6-7,9-12,16,21H,1-3,5,8,13-15H2,(H,24,27)(H,25,28). The third-order valence-corrected chi connectivity index (χ3v) is 5.46. The van der Waals surface area contributed by atoms with Crippen LogP contribution in [-0.2, 0) is 9.53 Å². The van der Waals surface area contributed by atoms with Crippen molar-refractivity contribution >= 4 is 28.9 Å². The van der Waals surface area contributed by atoms with Gasteiger partial charge < -0.3 is 20.3 Å². The zero-order chi connectivity index (χ0) is 20.1. The molecule has 2 saturated heterocycles. The molecule has 2 aliphatic rings. The molecule has 2 aromatic carbocycles. The highest BCUT2D eigenvalue weighted by atomic mass is 16.5. The molecule has 4 rings (SSSR count). The number of anilines is 3. The topological polar surface area (TPSA) is 70.7 Å². The Hall–Kier alpha value is -2.86. The van der Waals surface area contributed by atoms with Crippen LogP contribution in [-0.4, -0.2) is 37.6 Å². The first-order chi connectivity index (χ1) is 14.2. The van der Waals surface area contributed by atoms with Crippen LogP contribution in [0.2, 0.25) is 0 Å². The van der Waals surface area contributed by atoms with E-state index in [0.29, 0.717) is 17.9 Å². The molecular weight excluding hydrogens is 366 g/mol. The van der Waals surface area contributed by atoms with Crippen LogP contribution in [0.4, 0.5) is 17.1 Å². The molecule has 6 heteroatoms. The first-order valence-corrected chi connectivity index (χ1v) is 10.4. The quantitative estimate of drug-likeness (QED) is 0.804. The van der Waals surface area contributed by atoms with Crippen LogP contribution in [0, 0.1) is 0 Å². The van der Waals surface area contributed by atoms with Gasteiger partial charge in [0.15, 0.2) is 0 Å². The van der Waals surface area contributed by atoms with Crippen LogP contribution in [0.1, 0.15) is 42.5 Å². The van der Waals surface area contributed by atoms with Crippen LogP contribution in [0.15, 0.2) is 48.5 Å². The molecule has 1 unspecified atom stereocenters.